The van der Waals surface area contributed by atoms with Crippen molar-refractivity contribution in [2.75, 3.05) is 5.32 Å². The van der Waals surface area contributed by atoms with Crippen LogP contribution in [0.15, 0.2) is 28.0 Å². The van der Waals surface area contributed by atoms with Crippen molar-refractivity contribution in [2.45, 2.75) is 26.7 Å². The van der Waals surface area contributed by atoms with E-state index in [4.69, 9.17) is 4.42 Å². The van der Waals surface area contributed by atoms with Crippen LogP contribution in [0.1, 0.15) is 40.2 Å². The molecule has 0 aliphatic heterocycles. The lowest BCUT2D eigenvalue weighted by Gasteiger charge is -2.02. The molecule has 0 unspecified atom stereocenters. The van der Waals surface area contributed by atoms with Crippen LogP contribution >= 0.6 is 22.7 Å². The third-order valence-electron chi connectivity index (χ3n) is 3.01. The highest BCUT2D eigenvalue weighted by atomic mass is 32.1. The van der Waals surface area contributed by atoms with Crippen molar-refractivity contribution in [3.05, 3.63) is 39.2 Å². The predicted molar refractivity (Wildman–Crippen MR) is 88.7 cm³/mol. The number of carbonyl (C=O) groups excluding carboxylic acids is 1. The van der Waals surface area contributed by atoms with Gasteiger partial charge in [0.2, 0.25) is 5.89 Å². The Morgan fingerprint density at radius 2 is 2.09 bits per heavy atom. The normalized spacial score (nSPS) is 11.1. The van der Waals surface area contributed by atoms with Crippen molar-refractivity contribution in [1.82, 2.24) is 10.2 Å². The molecule has 7 heteroatoms. The van der Waals surface area contributed by atoms with Gasteiger partial charge in [0.1, 0.15) is 4.88 Å². The molecule has 0 saturated carbocycles. The zero-order chi connectivity index (χ0) is 15.7. The second kappa shape index (κ2) is 6.02. The van der Waals surface area contributed by atoms with Gasteiger partial charge >= 0.3 is 0 Å². The van der Waals surface area contributed by atoms with Crippen LogP contribution in [0.25, 0.3) is 10.8 Å². The number of nitrogens with one attached hydrogen (secondary N) is 1. The number of aryl methyl sites for hydroxylation is 1. The molecular formula is C15H15N3O2S2. The first-order valence-corrected chi connectivity index (χ1v) is 8.53. The Labute approximate surface area is 136 Å². The van der Waals surface area contributed by atoms with Crippen molar-refractivity contribution in [3.63, 3.8) is 0 Å². The Bertz CT molecular complexity index is 801. The van der Waals surface area contributed by atoms with E-state index in [0.717, 1.165) is 9.75 Å². The van der Waals surface area contributed by atoms with Crippen LogP contribution in [0.3, 0.4) is 0 Å². The molecule has 1 N–H and O–H groups in total. The van der Waals surface area contributed by atoms with E-state index in [2.05, 4.69) is 15.5 Å². The molecule has 22 heavy (non-hydrogen) atoms. The highest BCUT2D eigenvalue weighted by Crippen LogP contribution is 2.34. The molecule has 3 rings (SSSR count). The van der Waals surface area contributed by atoms with E-state index in [1.54, 1.807) is 0 Å². The number of hydrogen-bond donors (Lipinski definition) is 1. The Morgan fingerprint density at radius 3 is 2.73 bits per heavy atom. The summed E-state index contributed by atoms with van der Waals surface area (Å²) in [5, 5.41) is 12.9. The van der Waals surface area contributed by atoms with E-state index in [1.807, 2.05) is 44.4 Å². The van der Waals surface area contributed by atoms with Crippen LogP contribution in [0, 0.1) is 6.92 Å². The molecule has 0 radical (unpaired) electrons. The lowest BCUT2D eigenvalue weighted by atomic mass is 10.2. The molecule has 0 atom stereocenters. The molecule has 3 heterocycles. The number of anilines is 1. The monoisotopic (exact) mass is 333 g/mol. The fourth-order valence-corrected chi connectivity index (χ4v) is 3.41. The molecule has 0 aliphatic carbocycles. The maximum atomic E-state index is 12.3. The van der Waals surface area contributed by atoms with Crippen molar-refractivity contribution >= 4 is 34.3 Å². The molecule has 0 bridgehead atoms. The van der Waals surface area contributed by atoms with Gasteiger partial charge in [-0.15, -0.1) is 32.9 Å². The smallest absolute Gasteiger partial charge is 0.265 e. The summed E-state index contributed by atoms with van der Waals surface area (Å²) < 4.78 is 5.66. The topological polar surface area (TPSA) is 68.0 Å². The molecule has 3 aromatic heterocycles. The van der Waals surface area contributed by atoms with E-state index in [-0.39, 0.29) is 11.8 Å². The summed E-state index contributed by atoms with van der Waals surface area (Å²) in [5.41, 5.74) is 0.694. The number of rotatable bonds is 4. The van der Waals surface area contributed by atoms with Crippen molar-refractivity contribution in [2.24, 2.45) is 0 Å². The van der Waals surface area contributed by atoms with Crippen molar-refractivity contribution in [1.29, 1.82) is 0 Å². The van der Waals surface area contributed by atoms with Gasteiger partial charge in [-0.2, -0.15) is 0 Å². The van der Waals surface area contributed by atoms with Crippen LogP contribution in [0.2, 0.25) is 0 Å². The van der Waals surface area contributed by atoms with Gasteiger partial charge in [-0.1, -0.05) is 13.8 Å². The van der Waals surface area contributed by atoms with Gasteiger partial charge in [-0.3, -0.25) is 4.79 Å². The average molecular weight is 333 g/mol. The molecule has 1 amide bonds. The zero-order valence-corrected chi connectivity index (χ0v) is 14.0. The molecule has 114 valence electrons. The highest BCUT2D eigenvalue weighted by molar-refractivity contribution is 7.14. The summed E-state index contributed by atoms with van der Waals surface area (Å²) in [6.45, 7) is 5.96. The fourth-order valence-electron chi connectivity index (χ4n) is 1.87. The molecule has 0 spiro atoms. The first-order chi connectivity index (χ1) is 10.5. The Hall–Kier alpha value is -1.99. The van der Waals surface area contributed by atoms with Crippen LogP contribution in [-0.4, -0.2) is 16.1 Å². The van der Waals surface area contributed by atoms with Gasteiger partial charge in [0.05, 0.1) is 10.6 Å². The molecule has 0 aromatic carbocycles. The lowest BCUT2D eigenvalue weighted by molar-refractivity contribution is 0.103. The zero-order valence-electron chi connectivity index (χ0n) is 12.4. The summed E-state index contributed by atoms with van der Waals surface area (Å²) >= 11 is 2.93. The fraction of sp³-hybridized carbons (Fsp3) is 0.267. The number of carbonyl (C=O) groups is 1. The number of hydrogen-bond acceptors (Lipinski definition) is 6. The predicted octanol–water partition coefficient (Wildman–Crippen LogP) is 4.54. The summed E-state index contributed by atoms with van der Waals surface area (Å²) in [7, 11) is 0. The van der Waals surface area contributed by atoms with Crippen LogP contribution in [-0.2, 0) is 0 Å². The van der Waals surface area contributed by atoms with Crippen LogP contribution in [0.5, 0.6) is 0 Å². The molecule has 0 saturated heterocycles. The van der Waals surface area contributed by atoms with Gasteiger partial charge in [0.25, 0.3) is 11.8 Å². The van der Waals surface area contributed by atoms with Gasteiger partial charge in [0, 0.05) is 10.8 Å². The molecule has 5 nitrogen and oxygen atoms in total. The van der Waals surface area contributed by atoms with Gasteiger partial charge in [-0.05, 0) is 30.5 Å². The number of amides is 1. The minimum absolute atomic E-state index is 0.124. The summed E-state index contributed by atoms with van der Waals surface area (Å²) in [4.78, 5) is 14.8. The number of nitrogens with zero attached hydrogens (tertiary/aromatic N) is 2. The molecule has 0 fully saturated rings. The van der Waals surface area contributed by atoms with E-state index in [0.29, 0.717) is 22.3 Å². The van der Waals surface area contributed by atoms with Crippen LogP contribution in [0.4, 0.5) is 5.69 Å². The third-order valence-corrected chi connectivity index (χ3v) is 4.91. The van der Waals surface area contributed by atoms with Gasteiger partial charge < -0.3 is 9.73 Å². The Balaban J connectivity index is 1.84. The maximum Gasteiger partial charge on any atom is 0.265 e. The third kappa shape index (κ3) is 2.95. The summed E-state index contributed by atoms with van der Waals surface area (Å²) in [6, 6.07) is 5.60. The van der Waals surface area contributed by atoms with Crippen LogP contribution < -0.4 is 5.32 Å². The summed E-state index contributed by atoms with van der Waals surface area (Å²) in [5.74, 6) is 1.08. The molecule has 0 aliphatic rings. The first kappa shape index (κ1) is 14.9. The molecular weight excluding hydrogens is 318 g/mol. The number of thiophene rings is 2. The quantitative estimate of drug-likeness (QED) is 0.761. The van der Waals surface area contributed by atoms with Gasteiger partial charge in [-0.25, -0.2) is 0 Å². The van der Waals surface area contributed by atoms with Crippen molar-refractivity contribution < 1.29 is 9.21 Å². The highest BCUT2D eigenvalue weighted by Gasteiger charge is 2.18. The number of aromatic nitrogens is 2. The van der Waals surface area contributed by atoms with Crippen molar-refractivity contribution in [3.8, 4) is 10.8 Å². The lowest BCUT2D eigenvalue weighted by Crippen LogP contribution is -2.09. The Morgan fingerprint density at radius 1 is 1.27 bits per heavy atom. The van der Waals surface area contributed by atoms with E-state index < -0.39 is 0 Å². The maximum absolute atomic E-state index is 12.3. The van der Waals surface area contributed by atoms with E-state index >= 15 is 0 Å². The first-order valence-electron chi connectivity index (χ1n) is 6.83. The Kier molecular flexibility index (Phi) is 4.08. The SMILES string of the molecule is Cc1ccc(C(=O)Nc2ccsc2-c2nnc(C(C)C)o2)s1. The van der Waals surface area contributed by atoms with Gasteiger partial charge in [0.15, 0.2) is 0 Å². The largest absolute Gasteiger partial charge is 0.420 e. The molecule has 3 aromatic rings. The van der Waals surface area contributed by atoms with E-state index in [9.17, 15) is 4.79 Å². The van der Waals surface area contributed by atoms with E-state index in [1.165, 1.54) is 22.7 Å². The second-order valence-corrected chi connectivity index (χ2v) is 7.33. The summed E-state index contributed by atoms with van der Waals surface area (Å²) in [6.07, 6.45) is 0. The second-order valence-electron chi connectivity index (χ2n) is 5.13. The standard InChI is InChI=1S/C15H15N3O2S2/c1-8(2)14-17-18-15(20-14)12-10(6-7-21-12)16-13(19)11-5-4-9(3)22-11/h4-8H,1-3H3,(H,16,19). The minimum Gasteiger partial charge on any atom is -0.420 e. The average Bonchev–Trinajstić information content (AvgIpc) is 3.17. The minimum atomic E-state index is -0.124.